The van der Waals surface area contributed by atoms with Crippen LogP contribution >= 0.6 is 11.6 Å². The standard InChI is InChI=1S/C22H23ClFN7/c1-12-8-31(9-13(2)27-12)16-6-17(23)20-19(7-16)25-11-26-22(20)28-15-4-14-10-30(3)29-21(14)18(24)5-15/h4-7,10-13,27H,8-9H2,1-3H3,(H,25,26,28)/t12-,13-/m1/s1. The highest BCUT2D eigenvalue weighted by atomic mass is 35.5. The van der Waals surface area contributed by atoms with Gasteiger partial charge in [-0.25, -0.2) is 14.4 Å². The van der Waals surface area contributed by atoms with Crippen LogP contribution in [0.15, 0.2) is 36.8 Å². The fourth-order valence-electron chi connectivity index (χ4n) is 4.36. The molecule has 0 saturated carbocycles. The maximum atomic E-state index is 14.5. The van der Waals surface area contributed by atoms with Gasteiger partial charge in [0.1, 0.15) is 17.7 Å². The molecule has 0 spiro atoms. The highest BCUT2D eigenvalue weighted by Gasteiger charge is 2.22. The van der Waals surface area contributed by atoms with Crippen LogP contribution < -0.4 is 15.5 Å². The topological polar surface area (TPSA) is 70.9 Å². The smallest absolute Gasteiger partial charge is 0.153 e. The Morgan fingerprint density at radius 1 is 1.13 bits per heavy atom. The molecule has 4 aromatic rings. The summed E-state index contributed by atoms with van der Waals surface area (Å²) in [6.07, 6.45) is 3.27. The molecule has 2 N–H and O–H groups in total. The van der Waals surface area contributed by atoms with Crippen LogP contribution in [0, 0.1) is 5.82 Å². The monoisotopic (exact) mass is 439 g/mol. The van der Waals surface area contributed by atoms with Crippen LogP contribution in [0.2, 0.25) is 5.02 Å². The summed E-state index contributed by atoms with van der Waals surface area (Å²) in [6.45, 7) is 6.14. The van der Waals surface area contributed by atoms with Crippen LogP contribution in [0.25, 0.3) is 21.8 Å². The van der Waals surface area contributed by atoms with E-state index in [2.05, 4.69) is 44.4 Å². The van der Waals surface area contributed by atoms with Crippen molar-refractivity contribution in [3.8, 4) is 0 Å². The molecule has 0 radical (unpaired) electrons. The lowest BCUT2D eigenvalue weighted by atomic mass is 10.1. The van der Waals surface area contributed by atoms with Crippen molar-refractivity contribution in [1.29, 1.82) is 0 Å². The summed E-state index contributed by atoms with van der Waals surface area (Å²) in [6, 6.07) is 8.01. The van der Waals surface area contributed by atoms with Gasteiger partial charge in [-0.05, 0) is 38.1 Å². The maximum absolute atomic E-state index is 14.5. The highest BCUT2D eigenvalue weighted by Crippen LogP contribution is 2.35. The highest BCUT2D eigenvalue weighted by molar-refractivity contribution is 6.36. The van der Waals surface area contributed by atoms with E-state index < -0.39 is 5.82 Å². The summed E-state index contributed by atoms with van der Waals surface area (Å²) < 4.78 is 16.1. The van der Waals surface area contributed by atoms with E-state index in [1.807, 2.05) is 18.2 Å². The fourth-order valence-corrected chi connectivity index (χ4v) is 4.66. The van der Waals surface area contributed by atoms with Crippen molar-refractivity contribution < 1.29 is 4.39 Å². The second-order valence-corrected chi connectivity index (χ2v) is 8.65. The zero-order chi connectivity index (χ0) is 21.7. The maximum Gasteiger partial charge on any atom is 0.153 e. The van der Waals surface area contributed by atoms with Gasteiger partial charge in [0.05, 0.1) is 15.9 Å². The third-order valence-electron chi connectivity index (χ3n) is 5.54. The molecule has 1 fully saturated rings. The fraction of sp³-hybridized carbons (Fsp3) is 0.318. The van der Waals surface area contributed by atoms with Gasteiger partial charge in [0.15, 0.2) is 5.82 Å². The predicted octanol–water partition coefficient (Wildman–Crippen LogP) is 4.24. The first-order valence-electron chi connectivity index (χ1n) is 10.2. The van der Waals surface area contributed by atoms with Gasteiger partial charge in [0.2, 0.25) is 0 Å². The van der Waals surface area contributed by atoms with Gasteiger partial charge >= 0.3 is 0 Å². The first-order chi connectivity index (χ1) is 14.9. The molecule has 1 aliphatic heterocycles. The summed E-state index contributed by atoms with van der Waals surface area (Å²) in [5, 5.41) is 12.9. The number of aryl methyl sites for hydroxylation is 1. The van der Waals surface area contributed by atoms with Gasteiger partial charge < -0.3 is 15.5 Å². The Kier molecular flexibility index (Phi) is 4.91. The van der Waals surface area contributed by atoms with Crippen LogP contribution in [0.5, 0.6) is 0 Å². The number of anilines is 3. The van der Waals surface area contributed by atoms with Crippen molar-refractivity contribution in [1.82, 2.24) is 25.1 Å². The van der Waals surface area contributed by atoms with Gasteiger partial charge in [-0.3, -0.25) is 4.68 Å². The Hall–Kier alpha value is -2.97. The number of rotatable bonds is 3. The molecule has 2 atom stereocenters. The van der Waals surface area contributed by atoms with Crippen LogP contribution in [0.4, 0.5) is 21.6 Å². The number of fused-ring (bicyclic) bond motifs is 2. The SMILES string of the molecule is C[C@@H]1CN(c2cc(Cl)c3c(Nc4cc(F)c5nn(C)cc5c4)ncnc3c2)C[C@@H](C)N1. The molecule has 1 aliphatic rings. The molecule has 160 valence electrons. The Morgan fingerprint density at radius 2 is 1.90 bits per heavy atom. The molecule has 0 bridgehead atoms. The molecule has 3 heterocycles. The van der Waals surface area contributed by atoms with Crippen molar-refractivity contribution >= 4 is 50.6 Å². The van der Waals surface area contributed by atoms with Crippen molar-refractivity contribution in [2.24, 2.45) is 7.05 Å². The van der Waals surface area contributed by atoms with Gasteiger partial charge in [0, 0.05) is 55.2 Å². The molecule has 9 heteroatoms. The Morgan fingerprint density at radius 3 is 2.68 bits per heavy atom. The van der Waals surface area contributed by atoms with E-state index in [4.69, 9.17) is 11.6 Å². The number of benzene rings is 2. The molecule has 31 heavy (non-hydrogen) atoms. The van der Waals surface area contributed by atoms with Crippen LogP contribution in [0.1, 0.15) is 13.8 Å². The lowest BCUT2D eigenvalue weighted by Crippen LogP contribution is -2.54. The van der Waals surface area contributed by atoms with E-state index in [-0.39, 0.29) is 0 Å². The zero-order valence-electron chi connectivity index (χ0n) is 17.5. The van der Waals surface area contributed by atoms with E-state index in [1.165, 1.54) is 12.4 Å². The largest absolute Gasteiger partial charge is 0.368 e. The number of nitrogens with one attached hydrogen (secondary N) is 2. The van der Waals surface area contributed by atoms with Gasteiger partial charge in [-0.15, -0.1) is 0 Å². The zero-order valence-corrected chi connectivity index (χ0v) is 18.3. The third kappa shape index (κ3) is 3.77. The molecule has 5 rings (SSSR count). The van der Waals surface area contributed by atoms with E-state index in [1.54, 1.807) is 17.9 Å². The molecule has 2 aromatic carbocycles. The van der Waals surface area contributed by atoms with Crippen LogP contribution in [-0.4, -0.2) is 44.9 Å². The van der Waals surface area contributed by atoms with Crippen molar-refractivity contribution in [3.05, 3.63) is 47.6 Å². The number of aromatic nitrogens is 4. The van der Waals surface area contributed by atoms with Crippen LogP contribution in [0.3, 0.4) is 0 Å². The summed E-state index contributed by atoms with van der Waals surface area (Å²) >= 11 is 6.71. The van der Waals surface area contributed by atoms with Crippen molar-refractivity contribution in [2.45, 2.75) is 25.9 Å². The molecule has 2 aromatic heterocycles. The average Bonchev–Trinajstić information content (AvgIpc) is 3.08. The van der Waals surface area contributed by atoms with E-state index in [0.717, 1.165) is 24.3 Å². The molecular formula is C22H23ClFN7. The van der Waals surface area contributed by atoms with Gasteiger partial charge in [-0.1, -0.05) is 11.6 Å². The number of piperazine rings is 1. The number of hydrogen-bond donors (Lipinski definition) is 2. The second kappa shape index (κ2) is 7.62. The number of halogens is 2. The summed E-state index contributed by atoms with van der Waals surface area (Å²) in [4.78, 5) is 11.1. The van der Waals surface area contributed by atoms with Gasteiger partial charge in [-0.2, -0.15) is 5.10 Å². The van der Waals surface area contributed by atoms with Crippen LogP contribution in [-0.2, 0) is 7.05 Å². The molecule has 0 aliphatic carbocycles. The summed E-state index contributed by atoms with van der Waals surface area (Å²) in [5.74, 6) is 0.139. The first kappa shape index (κ1) is 20.0. The molecule has 0 amide bonds. The van der Waals surface area contributed by atoms with Crippen molar-refractivity contribution in [3.63, 3.8) is 0 Å². The number of hydrogen-bond acceptors (Lipinski definition) is 6. The summed E-state index contributed by atoms with van der Waals surface area (Å²) in [5.41, 5.74) is 2.68. The Labute approximate surface area is 184 Å². The Bertz CT molecular complexity index is 1280. The number of nitrogens with zero attached hydrogens (tertiary/aromatic N) is 5. The third-order valence-corrected chi connectivity index (χ3v) is 5.83. The first-order valence-corrected chi connectivity index (χ1v) is 10.6. The minimum Gasteiger partial charge on any atom is -0.368 e. The van der Waals surface area contributed by atoms with E-state index in [9.17, 15) is 4.39 Å². The molecule has 0 unspecified atom stereocenters. The minimum absolute atomic E-state index is 0.336. The quantitative estimate of drug-likeness (QED) is 0.497. The van der Waals surface area contributed by atoms with E-state index >= 15 is 0 Å². The lowest BCUT2D eigenvalue weighted by Gasteiger charge is -2.37. The molecule has 1 saturated heterocycles. The van der Waals surface area contributed by atoms with Crippen molar-refractivity contribution in [2.75, 3.05) is 23.3 Å². The summed E-state index contributed by atoms with van der Waals surface area (Å²) in [7, 11) is 1.77. The average molecular weight is 440 g/mol. The molecular weight excluding hydrogens is 417 g/mol. The Balaban J connectivity index is 1.53. The molecule has 7 nitrogen and oxygen atoms in total. The van der Waals surface area contributed by atoms with Gasteiger partial charge in [0.25, 0.3) is 0 Å². The second-order valence-electron chi connectivity index (χ2n) is 8.24. The predicted molar refractivity (Wildman–Crippen MR) is 123 cm³/mol. The normalized spacial score (nSPS) is 19.3. The lowest BCUT2D eigenvalue weighted by molar-refractivity contribution is 0.407. The van der Waals surface area contributed by atoms with E-state index in [0.29, 0.717) is 44.9 Å². The minimum atomic E-state index is -0.394.